The van der Waals surface area contributed by atoms with Crippen molar-refractivity contribution in [3.63, 3.8) is 0 Å². The molecule has 1 N–H and O–H groups in total. The third-order valence-corrected chi connectivity index (χ3v) is 7.42. The molecule has 3 aromatic rings. The summed E-state index contributed by atoms with van der Waals surface area (Å²) < 4.78 is 32.8. The highest BCUT2D eigenvalue weighted by Gasteiger charge is 2.19. The number of hydrogen-bond donors (Lipinski definition) is 1. The molecule has 0 heterocycles. The maximum Gasteiger partial charge on any atom is 0.308 e. The lowest BCUT2D eigenvalue weighted by molar-refractivity contribution is -0.145. The zero-order valence-electron chi connectivity index (χ0n) is 19.9. The summed E-state index contributed by atoms with van der Waals surface area (Å²) in [4.78, 5) is 12.5. The average Bonchev–Trinajstić information content (AvgIpc) is 2.86. The number of anilines is 1. The molecule has 0 fully saturated rings. The molecule has 180 valence electrons. The maximum absolute atomic E-state index is 12.6. The van der Waals surface area contributed by atoms with Gasteiger partial charge in [-0.1, -0.05) is 61.5 Å². The number of carbonyl (C=O) groups is 1. The molecule has 0 aliphatic carbocycles. The second-order valence-electron chi connectivity index (χ2n) is 8.44. The average molecular weight is 480 g/mol. The topological polar surface area (TPSA) is 72.5 Å². The van der Waals surface area contributed by atoms with Crippen LogP contribution in [0.3, 0.4) is 0 Å². The van der Waals surface area contributed by atoms with E-state index in [9.17, 15) is 13.2 Å². The molecule has 3 aromatic carbocycles. The Kier molecular flexibility index (Phi) is 9.28. The quantitative estimate of drug-likeness (QED) is 0.334. The highest BCUT2D eigenvalue weighted by molar-refractivity contribution is 7.92. The van der Waals surface area contributed by atoms with E-state index in [2.05, 4.69) is 35.9 Å². The molecule has 1 unspecified atom stereocenters. The maximum atomic E-state index is 12.6. The molecular formula is C28H33NO4S. The fourth-order valence-electron chi connectivity index (χ4n) is 3.94. The van der Waals surface area contributed by atoms with E-state index in [-0.39, 0.29) is 16.8 Å². The number of hydrogen-bond acceptors (Lipinski definition) is 4. The normalized spacial score (nSPS) is 12.2. The Morgan fingerprint density at radius 3 is 2.03 bits per heavy atom. The number of sulfonamides is 1. The summed E-state index contributed by atoms with van der Waals surface area (Å²) in [5.41, 5.74) is 4.11. The van der Waals surface area contributed by atoms with E-state index in [0.29, 0.717) is 5.69 Å². The Labute approximate surface area is 203 Å². The number of rotatable bonds is 12. The van der Waals surface area contributed by atoms with Crippen LogP contribution in [0.25, 0.3) is 0 Å². The summed E-state index contributed by atoms with van der Waals surface area (Å²) in [6.07, 6.45) is 4.93. The van der Waals surface area contributed by atoms with Gasteiger partial charge in [0.15, 0.2) is 0 Å². The van der Waals surface area contributed by atoms with Gasteiger partial charge in [-0.05, 0) is 79.5 Å². The van der Waals surface area contributed by atoms with Crippen LogP contribution in [0.1, 0.15) is 42.9 Å². The predicted molar refractivity (Wildman–Crippen MR) is 136 cm³/mol. The predicted octanol–water partition coefficient (Wildman–Crippen LogP) is 5.79. The Morgan fingerprint density at radius 1 is 0.824 bits per heavy atom. The van der Waals surface area contributed by atoms with Crippen LogP contribution in [0.2, 0.25) is 0 Å². The summed E-state index contributed by atoms with van der Waals surface area (Å²) in [5, 5.41) is 0. The summed E-state index contributed by atoms with van der Waals surface area (Å²) in [6.45, 7) is 2.14. The van der Waals surface area contributed by atoms with Crippen LogP contribution in [-0.2, 0) is 38.8 Å². The number of esters is 1. The molecule has 0 bridgehead atoms. The number of benzene rings is 3. The summed E-state index contributed by atoms with van der Waals surface area (Å²) in [5.74, 6) is -0.316. The van der Waals surface area contributed by atoms with Crippen LogP contribution < -0.4 is 4.72 Å². The van der Waals surface area contributed by atoms with E-state index in [1.165, 1.54) is 18.2 Å². The van der Waals surface area contributed by atoms with Gasteiger partial charge in [-0.25, -0.2) is 8.42 Å². The first-order valence-electron chi connectivity index (χ1n) is 11.7. The van der Waals surface area contributed by atoms with Gasteiger partial charge in [0.05, 0.1) is 17.9 Å². The van der Waals surface area contributed by atoms with Gasteiger partial charge >= 0.3 is 5.97 Å². The van der Waals surface area contributed by atoms with Crippen LogP contribution >= 0.6 is 0 Å². The third-order valence-electron chi connectivity index (χ3n) is 6.02. The minimum absolute atomic E-state index is 0.148. The van der Waals surface area contributed by atoms with Gasteiger partial charge in [-0.2, -0.15) is 0 Å². The molecule has 0 radical (unpaired) electrons. The molecule has 5 nitrogen and oxygen atoms in total. The van der Waals surface area contributed by atoms with Crippen molar-refractivity contribution in [1.29, 1.82) is 0 Å². The van der Waals surface area contributed by atoms with E-state index in [1.807, 2.05) is 18.2 Å². The molecule has 0 aromatic heterocycles. The van der Waals surface area contributed by atoms with Crippen LogP contribution in [0.15, 0.2) is 83.8 Å². The zero-order valence-corrected chi connectivity index (χ0v) is 20.7. The number of para-hydroxylation sites is 1. The smallest absolute Gasteiger partial charge is 0.308 e. The van der Waals surface area contributed by atoms with Crippen LogP contribution in [0.5, 0.6) is 0 Å². The highest BCUT2D eigenvalue weighted by Crippen LogP contribution is 2.21. The van der Waals surface area contributed by atoms with Gasteiger partial charge in [0.1, 0.15) is 0 Å². The molecule has 34 heavy (non-hydrogen) atoms. The van der Waals surface area contributed by atoms with E-state index in [1.54, 1.807) is 36.4 Å². The minimum atomic E-state index is -3.63. The van der Waals surface area contributed by atoms with Crippen molar-refractivity contribution in [2.75, 3.05) is 11.8 Å². The highest BCUT2D eigenvalue weighted by atomic mass is 32.2. The molecule has 6 heteroatoms. The summed E-state index contributed by atoms with van der Waals surface area (Å²) in [6, 6.07) is 24.3. The third kappa shape index (κ3) is 7.45. The second-order valence-corrected chi connectivity index (χ2v) is 10.1. The fourth-order valence-corrected chi connectivity index (χ4v) is 5.00. The van der Waals surface area contributed by atoms with Crippen molar-refractivity contribution in [3.8, 4) is 0 Å². The van der Waals surface area contributed by atoms with E-state index in [4.69, 9.17) is 4.74 Å². The van der Waals surface area contributed by atoms with Gasteiger partial charge in [-0.15, -0.1) is 0 Å². The van der Waals surface area contributed by atoms with Gasteiger partial charge in [0.2, 0.25) is 0 Å². The number of carbonyl (C=O) groups excluding carboxylic acids is 1. The molecule has 1 atom stereocenters. The van der Waals surface area contributed by atoms with Gasteiger partial charge < -0.3 is 4.74 Å². The van der Waals surface area contributed by atoms with Crippen LogP contribution in [-0.4, -0.2) is 21.5 Å². The lowest BCUT2D eigenvalue weighted by Gasteiger charge is -2.15. The summed E-state index contributed by atoms with van der Waals surface area (Å²) in [7, 11) is -2.19. The van der Waals surface area contributed by atoms with Crippen LogP contribution in [0.4, 0.5) is 5.69 Å². The first-order valence-corrected chi connectivity index (χ1v) is 13.2. The van der Waals surface area contributed by atoms with Crippen molar-refractivity contribution in [1.82, 2.24) is 0 Å². The van der Waals surface area contributed by atoms with Gasteiger partial charge in [-0.3, -0.25) is 9.52 Å². The van der Waals surface area contributed by atoms with Crippen molar-refractivity contribution in [3.05, 3.63) is 95.6 Å². The molecular weight excluding hydrogens is 446 g/mol. The van der Waals surface area contributed by atoms with Crippen molar-refractivity contribution in [2.24, 2.45) is 5.92 Å². The van der Waals surface area contributed by atoms with E-state index < -0.39 is 10.0 Å². The monoisotopic (exact) mass is 479 g/mol. The zero-order chi connectivity index (χ0) is 24.4. The molecule has 0 amide bonds. The summed E-state index contributed by atoms with van der Waals surface area (Å²) >= 11 is 0. The second kappa shape index (κ2) is 12.4. The first kappa shape index (κ1) is 25.5. The van der Waals surface area contributed by atoms with E-state index in [0.717, 1.165) is 44.1 Å². The van der Waals surface area contributed by atoms with Crippen molar-refractivity contribution >= 4 is 21.7 Å². The lowest BCUT2D eigenvalue weighted by atomic mass is 9.93. The van der Waals surface area contributed by atoms with E-state index >= 15 is 0 Å². The number of ether oxygens (including phenoxy) is 1. The Morgan fingerprint density at radius 2 is 1.41 bits per heavy atom. The SMILES string of the molecule is CCc1ccc(CCC(CCCc2ccc(S(=O)(=O)Nc3ccccc3)cc2)C(=O)OC)cc1. The largest absolute Gasteiger partial charge is 0.469 e. The number of aryl methyl sites for hydroxylation is 3. The van der Waals surface area contributed by atoms with Gasteiger partial charge in [0.25, 0.3) is 10.0 Å². The molecule has 0 aliphatic heterocycles. The molecule has 0 aliphatic rings. The molecule has 0 saturated heterocycles. The molecule has 0 saturated carbocycles. The number of nitrogens with one attached hydrogen (secondary N) is 1. The Balaban J connectivity index is 1.52. The number of methoxy groups -OCH3 is 1. The minimum Gasteiger partial charge on any atom is -0.469 e. The Hall–Kier alpha value is -3.12. The van der Waals surface area contributed by atoms with Crippen molar-refractivity contribution < 1.29 is 17.9 Å². The lowest BCUT2D eigenvalue weighted by Crippen LogP contribution is -2.17. The van der Waals surface area contributed by atoms with Crippen LogP contribution in [0, 0.1) is 5.92 Å². The van der Waals surface area contributed by atoms with Crippen molar-refractivity contribution in [2.45, 2.75) is 50.3 Å². The fraction of sp³-hybridized carbons (Fsp3) is 0.321. The molecule has 3 rings (SSSR count). The van der Waals surface area contributed by atoms with Gasteiger partial charge in [0, 0.05) is 5.69 Å². The standard InChI is InChI=1S/C28H33NO4S/c1-3-22-12-14-24(15-13-22)16-19-25(28(30)33-2)9-7-8-23-17-20-27(21-18-23)34(31,32)29-26-10-5-4-6-11-26/h4-6,10-15,17-18,20-21,25,29H,3,7-9,16,19H2,1-2H3. The molecule has 0 spiro atoms. The first-order chi connectivity index (χ1) is 16.4. The Bertz CT molecular complexity index is 1140.